The molecule has 0 amide bonds. The fourth-order valence-electron chi connectivity index (χ4n) is 3.50. The average Bonchev–Trinajstić information content (AvgIpc) is 3.14. The Morgan fingerprint density at radius 3 is 2.45 bits per heavy atom. The maximum atomic E-state index is 12.2. The lowest BCUT2D eigenvalue weighted by molar-refractivity contribution is 0.101. The maximum absolute atomic E-state index is 12.2. The Bertz CT molecular complexity index is 1260. The number of carbonyl (C=O) groups is 1. The number of para-hydroxylation sites is 1. The summed E-state index contributed by atoms with van der Waals surface area (Å²) in [5, 5.41) is 0.817. The maximum Gasteiger partial charge on any atom is 0.340 e. The molecule has 0 atom stereocenters. The van der Waals surface area contributed by atoms with E-state index in [4.69, 9.17) is 13.6 Å². The van der Waals surface area contributed by atoms with Crippen LogP contribution in [0.3, 0.4) is 0 Å². The van der Waals surface area contributed by atoms with Crippen LogP contribution in [-0.4, -0.2) is 5.78 Å². The number of hydrogen-bond acceptors (Lipinski definition) is 5. The first-order valence-electron chi connectivity index (χ1n) is 9.30. The molecule has 5 nitrogen and oxygen atoms in total. The number of carbonyl (C=O) groups excluding carboxylic acids is 1. The predicted octanol–water partition coefficient (Wildman–Crippen LogP) is 5.45. The zero-order valence-corrected chi connectivity index (χ0v) is 16.4. The van der Waals surface area contributed by atoms with E-state index in [0.29, 0.717) is 40.4 Å². The second-order valence-electron chi connectivity index (χ2n) is 6.96. The Balaban J connectivity index is 1.77. The van der Waals surface area contributed by atoms with Crippen molar-refractivity contribution in [2.75, 3.05) is 0 Å². The standard InChI is InChI=1S/C24H20O5/c1-14-21(16(3)25)15(2)24(26)29-22(14)20-12-18-10-7-11-19(23(18)28-20)27-13-17-8-5-4-6-9-17/h4-12H,13H2,1-3H3. The van der Waals surface area contributed by atoms with Gasteiger partial charge in [-0.3, -0.25) is 4.79 Å². The van der Waals surface area contributed by atoms with E-state index in [9.17, 15) is 9.59 Å². The molecule has 0 aliphatic rings. The molecular weight excluding hydrogens is 368 g/mol. The summed E-state index contributed by atoms with van der Waals surface area (Å²) >= 11 is 0. The van der Waals surface area contributed by atoms with Crippen molar-refractivity contribution in [1.82, 2.24) is 0 Å². The number of Topliss-reactive ketones (excluding diaryl/α,β-unsaturated/α-hetero) is 1. The fraction of sp³-hybridized carbons (Fsp3) is 0.167. The highest BCUT2D eigenvalue weighted by molar-refractivity contribution is 5.98. The Morgan fingerprint density at radius 2 is 1.72 bits per heavy atom. The monoisotopic (exact) mass is 388 g/mol. The van der Waals surface area contributed by atoms with Gasteiger partial charge in [-0.05, 0) is 38.5 Å². The van der Waals surface area contributed by atoms with Gasteiger partial charge in [-0.15, -0.1) is 0 Å². The summed E-state index contributed by atoms with van der Waals surface area (Å²) in [7, 11) is 0. The molecule has 4 rings (SSSR count). The molecule has 0 saturated carbocycles. The first-order chi connectivity index (χ1) is 14.0. The smallest absolute Gasteiger partial charge is 0.340 e. The van der Waals surface area contributed by atoms with E-state index in [1.807, 2.05) is 48.5 Å². The van der Waals surface area contributed by atoms with Gasteiger partial charge in [0.25, 0.3) is 0 Å². The Morgan fingerprint density at radius 1 is 0.966 bits per heavy atom. The lowest BCUT2D eigenvalue weighted by Crippen LogP contribution is -2.13. The van der Waals surface area contributed by atoms with Crippen LogP contribution in [0, 0.1) is 13.8 Å². The molecule has 0 saturated heterocycles. The SMILES string of the molecule is CC(=O)c1c(C)c(-c2cc3cccc(OCc4ccccc4)c3o2)oc(=O)c1C. The normalized spacial score (nSPS) is 11.0. The minimum Gasteiger partial charge on any atom is -0.485 e. The molecule has 146 valence electrons. The summed E-state index contributed by atoms with van der Waals surface area (Å²) in [6.07, 6.45) is 0. The van der Waals surface area contributed by atoms with E-state index in [1.165, 1.54) is 6.92 Å². The van der Waals surface area contributed by atoms with Gasteiger partial charge < -0.3 is 13.6 Å². The molecule has 0 aliphatic carbocycles. The Labute approximate surface area is 167 Å². The van der Waals surface area contributed by atoms with Crippen LogP contribution >= 0.6 is 0 Å². The van der Waals surface area contributed by atoms with Crippen molar-refractivity contribution >= 4 is 16.8 Å². The molecule has 0 aliphatic heterocycles. The van der Waals surface area contributed by atoms with Gasteiger partial charge >= 0.3 is 5.63 Å². The molecule has 0 N–H and O–H groups in total. The van der Waals surface area contributed by atoms with Gasteiger partial charge in [-0.2, -0.15) is 0 Å². The number of ether oxygens (including phenoxy) is 1. The highest BCUT2D eigenvalue weighted by atomic mass is 16.5. The van der Waals surface area contributed by atoms with Crippen LogP contribution in [0.2, 0.25) is 0 Å². The topological polar surface area (TPSA) is 69.7 Å². The van der Waals surface area contributed by atoms with Gasteiger partial charge in [-0.25, -0.2) is 4.79 Å². The lowest BCUT2D eigenvalue weighted by Gasteiger charge is -2.08. The molecule has 0 unspecified atom stereocenters. The quantitative estimate of drug-likeness (QED) is 0.425. The molecule has 29 heavy (non-hydrogen) atoms. The van der Waals surface area contributed by atoms with Crippen molar-refractivity contribution in [3.8, 4) is 17.3 Å². The number of ketones is 1. The van der Waals surface area contributed by atoms with Crippen LogP contribution in [0.25, 0.3) is 22.5 Å². The summed E-state index contributed by atoms with van der Waals surface area (Å²) in [4.78, 5) is 24.3. The number of furan rings is 1. The van der Waals surface area contributed by atoms with Gasteiger partial charge in [-0.1, -0.05) is 42.5 Å². The van der Waals surface area contributed by atoms with Crippen LogP contribution < -0.4 is 10.4 Å². The van der Waals surface area contributed by atoms with E-state index in [0.717, 1.165) is 10.9 Å². The summed E-state index contributed by atoms with van der Waals surface area (Å²) in [6.45, 7) is 5.19. The fourth-order valence-corrected chi connectivity index (χ4v) is 3.50. The summed E-state index contributed by atoms with van der Waals surface area (Å²) in [6, 6.07) is 17.2. The highest BCUT2D eigenvalue weighted by Gasteiger charge is 2.21. The summed E-state index contributed by atoms with van der Waals surface area (Å²) in [5.41, 5.74) is 2.32. The predicted molar refractivity (Wildman–Crippen MR) is 110 cm³/mol. The molecule has 2 heterocycles. The number of hydrogen-bond donors (Lipinski definition) is 0. The third kappa shape index (κ3) is 3.47. The van der Waals surface area contributed by atoms with Gasteiger partial charge in [0.1, 0.15) is 6.61 Å². The van der Waals surface area contributed by atoms with E-state index in [-0.39, 0.29) is 11.5 Å². The van der Waals surface area contributed by atoms with Gasteiger partial charge in [0.2, 0.25) is 0 Å². The Hall–Kier alpha value is -3.60. The minimum absolute atomic E-state index is 0.183. The van der Waals surface area contributed by atoms with Crippen LogP contribution in [-0.2, 0) is 6.61 Å². The van der Waals surface area contributed by atoms with Gasteiger partial charge in [0, 0.05) is 22.1 Å². The first-order valence-corrected chi connectivity index (χ1v) is 9.30. The zero-order valence-electron chi connectivity index (χ0n) is 16.4. The van der Waals surface area contributed by atoms with Crippen molar-refractivity contribution in [1.29, 1.82) is 0 Å². The third-order valence-electron chi connectivity index (χ3n) is 4.91. The largest absolute Gasteiger partial charge is 0.485 e. The molecule has 2 aromatic carbocycles. The van der Waals surface area contributed by atoms with Crippen molar-refractivity contribution in [3.05, 3.63) is 87.3 Å². The second-order valence-corrected chi connectivity index (χ2v) is 6.96. The van der Waals surface area contributed by atoms with E-state index in [1.54, 1.807) is 19.9 Å². The molecule has 0 bridgehead atoms. The summed E-state index contributed by atoms with van der Waals surface area (Å²) in [5.74, 6) is 1.05. The van der Waals surface area contributed by atoms with Crippen LogP contribution in [0.5, 0.6) is 5.75 Å². The highest BCUT2D eigenvalue weighted by Crippen LogP contribution is 2.35. The van der Waals surface area contributed by atoms with E-state index < -0.39 is 5.63 Å². The molecule has 2 aromatic heterocycles. The molecule has 5 heteroatoms. The number of benzene rings is 2. The van der Waals surface area contributed by atoms with Crippen molar-refractivity contribution < 1.29 is 18.4 Å². The first kappa shape index (κ1) is 18.7. The van der Waals surface area contributed by atoms with Crippen LogP contribution in [0.1, 0.15) is 34.0 Å². The van der Waals surface area contributed by atoms with Crippen molar-refractivity contribution in [3.63, 3.8) is 0 Å². The van der Waals surface area contributed by atoms with Crippen LogP contribution in [0.4, 0.5) is 0 Å². The zero-order chi connectivity index (χ0) is 20.5. The molecular formula is C24H20O5. The molecule has 4 aromatic rings. The van der Waals surface area contributed by atoms with Gasteiger partial charge in [0.15, 0.2) is 28.6 Å². The molecule has 0 radical (unpaired) electrons. The number of rotatable bonds is 5. The molecule has 0 fully saturated rings. The van der Waals surface area contributed by atoms with Crippen LogP contribution in [0.15, 0.2) is 68.2 Å². The Kier molecular flexibility index (Phi) is 4.80. The minimum atomic E-state index is -0.545. The molecule has 0 spiro atoms. The van der Waals surface area contributed by atoms with E-state index >= 15 is 0 Å². The number of fused-ring (bicyclic) bond motifs is 1. The average molecular weight is 388 g/mol. The van der Waals surface area contributed by atoms with Crippen molar-refractivity contribution in [2.24, 2.45) is 0 Å². The van der Waals surface area contributed by atoms with E-state index in [2.05, 4.69) is 0 Å². The summed E-state index contributed by atoms with van der Waals surface area (Å²) < 4.78 is 17.4. The lowest BCUT2D eigenvalue weighted by atomic mass is 10.0. The third-order valence-corrected chi connectivity index (χ3v) is 4.91. The van der Waals surface area contributed by atoms with Crippen molar-refractivity contribution in [2.45, 2.75) is 27.4 Å². The van der Waals surface area contributed by atoms with Gasteiger partial charge in [0.05, 0.1) is 0 Å². The second kappa shape index (κ2) is 7.43.